The number of nitrogens with zero attached hydrogens (tertiary/aromatic N) is 1. The van der Waals surface area contributed by atoms with Crippen molar-refractivity contribution in [2.45, 2.75) is 20.4 Å². The number of hydrogen-bond acceptors (Lipinski definition) is 3. The molecule has 2 N–H and O–H groups in total. The number of hydrogen-bond donors (Lipinski definition) is 1. The fourth-order valence-corrected chi connectivity index (χ4v) is 1.82. The van der Waals surface area contributed by atoms with Crippen LogP contribution < -0.4 is 10.5 Å². The van der Waals surface area contributed by atoms with Gasteiger partial charge in [0.1, 0.15) is 5.82 Å². The summed E-state index contributed by atoms with van der Waals surface area (Å²) in [6, 6.07) is 4.99. The summed E-state index contributed by atoms with van der Waals surface area (Å²) in [5, 5.41) is 0. The van der Waals surface area contributed by atoms with Crippen molar-refractivity contribution in [2.24, 2.45) is 5.73 Å². The predicted octanol–water partition coefficient (Wildman–Crippen LogP) is 3.23. The van der Waals surface area contributed by atoms with Crippen LogP contribution in [0, 0.1) is 25.5 Å². The Bertz CT molecular complexity index is 615. The number of aromatic nitrogens is 1. The first kappa shape index (κ1) is 13.4. The highest BCUT2D eigenvalue weighted by molar-refractivity contribution is 5.39. The van der Waals surface area contributed by atoms with Crippen LogP contribution in [0.4, 0.5) is 8.78 Å². The number of halogens is 2. The van der Waals surface area contributed by atoms with Gasteiger partial charge in [0, 0.05) is 23.9 Å². The van der Waals surface area contributed by atoms with Crippen molar-refractivity contribution in [1.82, 2.24) is 4.98 Å². The van der Waals surface area contributed by atoms with Crippen LogP contribution in [-0.2, 0) is 6.54 Å². The Balaban J connectivity index is 2.42. The highest BCUT2D eigenvalue weighted by Crippen LogP contribution is 2.28. The summed E-state index contributed by atoms with van der Waals surface area (Å²) in [7, 11) is 0. The van der Waals surface area contributed by atoms with E-state index in [-0.39, 0.29) is 18.2 Å². The Morgan fingerprint density at radius 1 is 1.21 bits per heavy atom. The van der Waals surface area contributed by atoms with Crippen molar-refractivity contribution < 1.29 is 13.5 Å². The van der Waals surface area contributed by atoms with Gasteiger partial charge in [-0.25, -0.2) is 13.8 Å². The fourth-order valence-electron chi connectivity index (χ4n) is 1.82. The molecule has 0 fully saturated rings. The number of nitrogens with two attached hydrogens (primary N) is 1. The molecule has 19 heavy (non-hydrogen) atoms. The number of benzene rings is 1. The van der Waals surface area contributed by atoms with E-state index in [2.05, 4.69) is 4.98 Å². The van der Waals surface area contributed by atoms with Crippen molar-refractivity contribution in [3.63, 3.8) is 0 Å². The minimum atomic E-state index is -0.774. The maximum absolute atomic E-state index is 13.5. The molecule has 5 heteroatoms. The Morgan fingerprint density at radius 2 is 1.95 bits per heavy atom. The van der Waals surface area contributed by atoms with E-state index in [4.69, 9.17) is 10.5 Å². The van der Waals surface area contributed by atoms with E-state index in [1.165, 1.54) is 6.07 Å². The molecule has 0 atom stereocenters. The van der Waals surface area contributed by atoms with E-state index >= 15 is 0 Å². The Hall–Kier alpha value is -2.01. The molecule has 0 aliphatic carbocycles. The van der Waals surface area contributed by atoms with Crippen molar-refractivity contribution in [1.29, 1.82) is 0 Å². The summed E-state index contributed by atoms with van der Waals surface area (Å²) in [6.07, 6.45) is 0. The van der Waals surface area contributed by atoms with E-state index in [9.17, 15) is 8.78 Å². The van der Waals surface area contributed by atoms with Crippen molar-refractivity contribution in [3.8, 4) is 11.6 Å². The van der Waals surface area contributed by atoms with E-state index < -0.39 is 11.6 Å². The Kier molecular flexibility index (Phi) is 3.76. The number of ether oxygens (including phenoxy) is 1. The standard InChI is InChI=1S/C14H14F2N2O/c1-8-5-9(2)18-14(11(8)7-17)19-13-4-3-10(15)6-12(13)16/h3-6H,7,17H2,1-2H3. The van der Waals surface area contributed by atoms with Crippen LogP contribution in [0.5, 0.6) is 11.6 Å². The third kappa shape index (κ3) is 2.88. The molecule has 0 spiro atoms. The largest absolute Gasteiger partial charge is 0.436 e. The van der Waals surface area contributed by atoms with E-state index in [1.54, 1.807) is 6.92 Å². The monoisotopic (exact) mass is 264 g/mol. The molecule has 0 aliphatic heterocycles. The molecular weight excluding hydrogens is 250 g/mol. The smallest absolute Gasteiger partial charge is 0.224 e. The van der Waals surface area contributed by atoms with Crippen LogP contribution in [0.2, 0.25) is 0 Å². The van der Waals surface area contributed by atoms with Gasteiger partial charge in [-0.1, -0.05) is 0 Å². The van der Waals surface area contributed by atoms with Crippen molar-refractivity contribution in [2.75, 3.05) is 0 Å². The van der Waals surface area contributed by atoms with Gasteiger partial charge in [0.15, 0.2) is 11.6 Å². The third-order valence-corrected chi connectivity index (χ3v) is 2.74. The Morgan fingerprint density at radius 3 is 2.58 bits per heavy atom. The van der Waals surface area contributed by atoms with Crippen LogP contribution in [0.3, 0.4) is 0 Å². The lowest BCUT2D eigenvalue weighted by Gasteiger charge is -2.12. The van der Waals surface area contributed by atoms with Gasteiger partial charge in [-0.2, -0.15) is 0 Å². The first-order valence-electron chi connectivity index (χ1n) is 5.81. The van der Waals surface area contributed by atoms with E-state index in [0.29, 0.717) is 5.56 Å². The molecule has 2 rings (SSSR count). The molecule has 0 bridgehead atoms. The SMILES string of the molecule is Cc1cc(C)c(CN)c(Oc2ccc(F)cc2F)n1. The molecule has 100 valence electrons. The van der Waals surface area contributed by atoms with Gasteiger partial charge in [0.2, 0.25) is 5.88 Å². The molecule has 3 nitrogen and oxygen atoms in total. The molecule has 0 unspecified atom stereocenters. The van der Waals surface area contributed by atoms with Gasteiger partial charge in [-0.15, -0.1) is 0 Å². The topological polar surface area (TPSA) is 48.1 Å². The molecule has 1 aromatic carbocycles. The molecule has 2 aromatic rings. The van der Waals surface area contributed by atoms with Crippen LogP contribution in [0.15, 0.2) is 24.3 Å². The minimum absolute atomic E-state index is 0.0754. The molecular formula is C14H14F2N2O. The molecule has 1 heterocycles. The average molecular weight is 264 g/mol. The molecule has 0 saturated carbocycles. The maximum Gasteiger partial charge on any atom is 0.224 e. The van der Waals surface area contributed by atoms with Gasteiger partial charge < -0.3 is 10.5 Å². The number of aryl methyl sites for hydroxylation is 2. The summed E-state index contributed by atoms with van der Waals surface area (Å²) in [4.78, 5) is 4.20. The molecule has 0 saturated heterocycles. The quantitative estimate of drug-likeness (QED) is 0.925. The molecule has 0 amide bonds. The second-order valence-corrected chi connectivity index (χ2v) is 4.25. The lowest BCUT2D eigenvalue weighted by atomic mass is 10.1. The zero-order valence-electron chi connectivity index (χ0n) is 10.7. The maximum atomic E-state index is 13.5. The molecule has 0 aliphatic rings. The second kappa shape index (κ2) is 5.32. The Labute approximate surface area is 110 Å². The summed E-state index contributed by atoms with van der Waals surface area (Å²) in [5.74, 6) is -1.25. The lowest BCUT2D eigenvalue weighted by Crippen LogP contribution is -2.05. The average Bonchev–Trinajstić information content (AvgIpc) is 2.32. The lowest BCUT2D eigenvalue weighted by molar-refractivity contribution is 0.417. The highest BCUT2D eigenvalue weighted by Gasteiger charge is 2.12. The van der Waals surface area contributed by atoms with Gasteiger partial charge in [-0.05, 0) is 37.6 Å². The van der Waals surface area contributed by atoms with Crippen LogP contribution in [-0.4, -0.2) is 4.98 Å². The van der Waals surface area contributed by atoms with Gasteiger partial charge >= 0.3 is 0 Å². The van der Waals surface area contributed by atoms with Crippen molar-refractivity contribution in [3.05, 3.63) is 52.7 Å². The summed E-state index contributed by atoms with van der Waals surface area (Å²) >= 11 is 0. The first-order valence-corrected chi connectivity index (χ1v) is 5.81. The predicted molar refractivity (Wildman–Crippen MR) is 68.0 cm³/mol. The van der Waals surface area contributed by atoms with Gasteiger partial charge in [0.05, 0.1) is 0 Å². The second-order valence-electron chi connectivity index (χ2n) is 4.25. The summed E-state index contributed by atoms with van der Waals surface area (Å²) in [6.45, 7) is 3.92. The third-order valence-electron chi connectivity index (χ3n) is 2.74. The first-order chi connectivity index (χ1) is 9.01. The van der Waals surface area contributed by atoms with E-state index in [1.807, 2.05) is 13.0 Å². The van der Waals surface area contributed by atoms with Gasteiger partial charge in [0.25, 0.3) is 0 Å². The molecule has 0 radical (unpaired) electrons. The van der Waals surface area contributed by atoms with Crippen LogP contribution in [0.1, 0.15) is 16.8 Å². The number of rotatable bonds is 3. The van der Waals surface area contributed by atoms with E-state index in [0.717, 1.165) is 23.4 Å². The van der Waals surface area contributed by atoms with Gasteiger partial charge in [-0.3, -0.25) is 0 Å². The summed E-state index contributed by atoms with van der Waals surface area (Å²) in [5.41, 5.74) is 8.01. The van der Waals surface area contributed by atoms with Crippen molar-refractivity contribution >= 4 is 0 Å². The highest BCUT2D eigenvalue weighted by atomic mass is 19.1. The normalized spacial score (nSPS) is 10.6. The zero-order chi connectivity index (χ0) is 14.0. The minimum Gasteiger partial charge on any atom is -0.436 e. The number of pyridine rings is 1. The van der Waals surface area contributed by atoms with Crippen LogP contribution in [0.25, 0.3) is 0 Å². The summed E-state index contributed by atoms with van der Waals surface area (Å²) < 4.78 is 31.8. The van der Waals surface area contributed by atoms with Crippen LogP contribution >= 0.6 is 0 Å². The zero-order valence-corrected chi connectivity index (χ0v) is 10.7. The molecule has 1 aromatic heterocycles. The fraction of sp³-hybridized carbons (Fsp3) is 0.214.